The van der Waals surface area contributed by atoms with Gasteiger partial charge < -0.3 is 0 Å². The molecule has 2 aromatic heterocycles. The first-order valence-electron chi connectivity index (χ1n) is 5.75. The van der Waals surface area contributed by atoms with E-state index >= 15 is 0 Å². The molecule has 2 nitrogen and oxygen atoms in total. The number of aryl methyl sites for hydroxylation is 1. The molecule has 0 saturated heterocycles. The first-order chi connectivity index (χ1) is 8.16. The largest absolute Gasteiger partial charge is 0.232 e. The smallest absolute Gasteiger partial charge is 0.136 e. The minimum atomic E-state index is 0.533. The molecule has 0 bridgehead atoms. The Balaban J connectivity index is 2.17. The van der Waals surface area contributed by atoms with Crippen LogP contribution in [0.3, 0.4) is 0 Å². The lowest BCUT2D eigenvalue weighted by Crippen LogP contribution is -1.99. The van der Waals surface area contributed by atoms with Crippen molar-refractivity contribution >= 4 is 22.9 Å². The fourth-order valence-corrected chi connectivity index (χ4v) is 2.80. The Morgan fingerprint density at radius 1 is 1.29 bits per heavy atom. The maximum absolute atomic E-state index is 6.21. The zero-order valence-corrected chi connectivity index (χ0v) is 11.4. The number of hydrogen-bond donors (Lipinski definition) is 0. The van der Waals surface area contributed by atoms with Crippen LogP contribution in [-0.4, -0.2) is 9.97 Å². The SMILES string of the molecule is Cc1sccc1-c1nc(C2CC2)nc(Cl)c1C. The van der Waals surface area contributed by atoms with Crippen LogP contribution >= 0.6 is 22.9 Å². The first kappa shape index (κ1) is 11.2. The van der Waals surface area contributed by atoms with E-state index in [0.717, 1.165) is 17.1 Å². The summed E-state index contributed by atoms with van der Waals surface area (Å²) in [6, 6.07) is 2.11. The van der Waals surface area contributed by atoms with Gasteiger partial charge in [-0.25, -0.2) is 9.97 Å². The summed E-state index contributed by atoms with van der Waals surface area (Å²) in [6.07, 6.45) is 2.39. The lowest BCUT2D eigenvalue weighted by Gasteiger charge is -2.08. The molecule has 0 N–H and O–H groups in total. The highest BCUT2D eigenvalue weighted by Gasteiger charge is 2.28. The van der Waals surface area contributed by atoms with Crippen molar-refractivity contribution in [2.45, 2.75) is 32.6 Å². The van der Waals surface area contributed by atoms with Gasteiger partial charge in [0.2, 0.25) is 0 Å². The third-order valence-electron chi connectivity index (χ3n) is 3.16. The molecule has 88 valence electrons. The van der Waals surface area contributed by atoms with Gasteiger partial charge in [-0.2, -0.15) is 0 Å². The Hall–Kier alpha value is -0.930. The van der Waals surface area contributed by atoms with Crippen LogP contribution in [0, 0.1) is 13.8 Å². The van der Waals surface area contributed by atoms with Crippen LogP contribution in [0.5, 0.6) is 0 Å². The number of thiophene rings is 1. The van der Waals surface area contributed by atoms with Gasteiger partial charge >= 0.3 is 0 Å². The van der Waals surface area contributed by atoms with Crippen molar-refractivity contribution in [3.63, 3.8) is 0 Å². The maximum atomic E-state index is 6.21. The van der Waals surface area contributed by atoms with Crippen molar-refractivity contribution in [1.82, 2.24) is 9.97 Å². The van der Waals surface area contributed by atoms with Crippen molar-refractivity contribution < 1.29 is 0 Å². The first-order valence-corrected chi connectivity index (χ1v) is 7.01. The average molecular weight is 265 g/mol. The second-order valence-corrected chi connectivity index (χ2v) is 5.99. The highest BCUT2D eigenvalue weighted by molar-refractivity contribution is 7.10. The third-order valence-corrected chi connectivity index (χ3v) is 4.37. The number of rotatable bonds is 2. The summed E-state index contributed by atoms with van der Waals surface area (Å²) in [5.74, 6) is 1.45. The molecule has 1 aliphatic carbocycles. The summed E-state index contributed by atoms with van der Waals surface area (Å²) in [6.45, 7) is 4.11. The van der Waals surface area contributed by atoms with Gasteiger partial charge in [-0.3, -0.25) is 0 Å². The van der Waals surface area contributed by atoms with Crippen molar-refractivity contribution in [2.75, 3.05) is 0 Å². The van der Waals surface area contributed by atoms with Crippen molar-refractivity contribution in [3.05, 3.63) is 32.9 Å². The van der Waals surface area contributed by atoms with Gasteiger partial charge in [-0.15, -0.1) is 11.3 Å². The average Bonchev–Trinajstić information content (AvgIpc) is 3.06. The predicted octanol–water partition coefficient (Wildman–Crippen LogP) is 4.35. The lowest BCUT2D eigenvalue weighted by atomic mass is 10.1. The molecule has 0 aromatic carbocycles. The second kappa shape index (κ2) is 4.07. The van der Waals surface area contributed by atoms with E-state index in [1.54, 1.807) is 11.3 Å². The van der Waals surface area contributed by atoms with Gasteiger partial charge in [0.1, 0.15) is 11.0 Å². The maximum Gasteiger partial charge on any atom is 0.136 e. The molecule has 17 heavy (non-hydrogen) atoms. The molecular formula is C13H13ClN2S. The normalized spacial score (nSPS) is 15.2. The predicted molar refractivity (Wildman–Crippen MR) is 71.8 cm³/mol. The molecule has 2 aromatic rings. The zero-order valence-electron chi connectivity index (χ0n) is 9.83. The van der Waals surface area contributed by atoms with E-state index in [9.17, 15) is 0 Å². The van der Waals surface area contributed by atoms with Crippen molar-refractivity contribution in [3.8, 4) is 11.3 Å². The second-order valence-electron chi connectivity index (χ2n) is 4.51. The molecule has 4 heteroatoms. The number of nitrogens with zero attached hydrogens (tertiary/aromatic N) is 2. The van der Waals surface area contributed by atoms with E-state index in [1.165, 1.54) is 23.3 Å². The number of aromatic nitrogens is 2. The summed E-state index contributed by atoms with van der Waals surface area (Å²) < 4.78 is 0. The summed E-state index contributed by atoms with van der Waals surface area (Å²) in [5, 5.41) is 2.69. The van der Waals surface area contributed by atoms with E-state index in [4.69, 9.17) is 16.6 Å². The molecule has 1 saturated carbocycles. The Morgan fingerprint density at radius 2 is 2.06 bits per heavy atom. The summed E-state index contributed by atoms with van der Waals surface area (Å²) in [4.78, 5) is 10.4. The van der Waals surface area contributed by atoms with E-state index < -0.39 is 0 Å². The Bertz CT molecular complexity index is 573. The van der Waals surface area contributed by atoms with Crippen LogP contribution in [0.1, 0.15) is 35.0 Å². The third kappa shape index (κ3) is 1.98. The van der Waals surface area contributed by atoms with Crippen LogP contribution in [0.2, 0.25) is 5.15 Å². The molecule has 0 amide bonds. The molecular weight excluding hydrogens is 252 g/mol. The molecule has 0 radical (unpaired) electrons. The molecule has 0 aliphatic heterocycles. The number of halogens is 1. The highest BCUT2D eigenvalue weighted by Crippen LogP contribution is 2.40. The van der Waals surface area contributed by atoms with Crippen LogP contribution in [-0.2, 0) is 0 Å². The van der Waals surface area contributed by atoms with Gasteiger partial charge in [0.25, 0.3) is 0 Å². The van der Waals surface area contributed by atoms with Crippen molar-refractivity contribution in [1.29, 1.82) is 0 Å². The van der Waals surface area contributed by atoms with Gasteiger partial charge in [0.05, 0.1) is 5.69 Å². The van der Waals surface area contributed by atoms with Crippen molar-refractivity contribution in [2.24, 2.45) is 0 Å². The summed E-state index contributed by atoms with van der Waals surface area (Å²) in [7, 11) is 0. The van der Waals surface area contributed by atoms with E-state index in [-0.39, 0.29) is 0 Å². The quantitative estimate of drug-likeness (QED) is 0.754. The molecule has 0 spiro atoms. The number of hydrogen-bond acceptors (Lipinski definition) is 3. The Kier molecular flexibility index (Phi) is 2.68. The molecule has 3 rings (SSSR count). The minimum Gasteiger partial charge on any atom is -0.232 e. The van der Waals surface area contributed by atoms with Crippen LogP contribution < -0.4 is 0 Å². The molecule has 1 fully saturated rings. The van der Waals surface area contributed by atoms with Gasteiger partial charge in [0, 0.05) is 21.9 Å². The van der Waals surface area contributed by atoms with Crippen LogP contribution in [0.15, 0.2) is 11.4 Å². The lowest BCUT2D eigenvalue weighted by molar-refractivity contribution is 0.922. The molecule has 0 unspecified atom stereocenters. The Morgan fingerprint density at radius 3 is 2.65 bits per heavy atom. The molecule has 2 heterocycles. The standard InChI is InChI=1S/C13H13ClN2S/c1-7-11(10-5-6-17-8(10)2)15-13(9-3-4-9)16-12(7)14/h5-6,9H,3-4H2,1-2H3. The monoisotopic (exact) mass is 264 g/mol. The highest BCUT2D eigenvalue weighted by atomic mass is 35.5. The van der Waals surface area contributed by atoms with Crippen LogP contribution in [0.25, 0.3) is 11.3 Å². The summed E-state index contributed by atoms with van der Waals surface area (Å²) >= 11 is 7.95. The fraction of sp³-hybridized carbons (Fsp3) is 0.385. The molecule has 0 atom stereocenters. The zero-order chi connectivity index (χ0) is 12.0. The van der Waals surface area contributed by atoms with E-state index in [1.807, 2.05) is 6.92 Å². The minimum absolute atomic E-state index is 0.533. The van der Waals surface area contributed by atoms with E-state index in [2.05, 4.69) is 23.4 Å². The van der Waals surface area contributed by atoms with Gasteiger partial charge in [-0.1, -0.05) is 11.6 Å². The summed E-state index contributed by atoms with van der Waals surface area (Å²) in [5.41, 5.74) is 3.18. The van der Waals surface area contributed by atoms with E-state index in [0.29, 0.717) is 11.1 Å². The Labute approximate surface area is 110 Å². The van der Waals surface area contributed by atoms with Crippen LogP contribution in [0.4, 0.5) is 0 Å². The fourth-order valence-electron chi connectivity index (χ4n) is 1.92. The topological polar surface area (TPSA) is 25.8 Å². The van der Waals surface area contributed by atoms with Gasteiger partial charge in [0.15, 0.2) is 0 Å². The molecule has 1 aliphatic rings. The van der Waals surface area contributed by atoms with Gasteiger partial charge in [-0.05, 0) is 38.1 Å².